The minimum Gasteiger partial charge on any atom is -0.337 e. The molecule has 0 radical (unpaired) electrons. The quantitative estimate of drug-likeness (QED) is 0.848. The molecule has 0 aliphatic carbocycles. The molecule has 7 heteroatoms. The number of carbonyl (C=O) groups excluding carboxylic acids is 2. The van der Waals surface area contributed by atoms with Crippen molar-refractivity contribution in [2.24, 2.45) is 0 Å². The smallest absolute Gasteiger partial charge is 0.265 e. The van der Waals surface area contributed by atoms with Crippen molar-refractivity contribution < 1.29 is 9.59 Å². The average molecular weight is 385 g/mol. The van der Waals surface area contributed by atoms with Gasteiger partial charge in [-0.3, -0.25) is 14.5 Å². The van der Waals surface area contributed by atoms with Crippen molar-refractivity contribution in [3.63, 3.8) is 0 Å². The molecule has 142 valence electrons. The normalized spacial score (nSPS) is 20.6. The van der Waals surface area contributed by atoms with E-state index in [1.807, 2.05) is 34.5 Å². The summed E-state index contributed by atoms with van der Waals surface area (Å²) in [4.78, 5) is 30.2. The molecule has 2 aliphatic heterocycles. The number of nitrogens with zero attached hydrogens (tertiary/aromatic N) is 2. The number of hydrogen-bond acceptors (Lipinski definition) is 5. The lowest BCUT2D eigenvalue weighted by molar-refractivity contribution is 0.0773. The van der Waals surface area contributed by atoms with E-state index in [9.17, 15) is 9.59 Å². The minimum atomic E-state index is -0.144. The zero-order chi connectivity index (χ0) is 18.6. The SMILES string of the molecule is O=C(Nc1cccc(C(=O)N2CCC(N3CCNCC3)C2)c1)c1cccs1. The lowest BCUT2D eigenvalue weighted by Crippen LogP contribution is -2.49. The number of piperazine rings is 1. The molecule has 0 spiro atoms. The first kappa shape index (κ1) is 18.2. The van der Waals surface area contributed by atoms with Gasteiger partial charge in [0.15, 0.2) is 0 Å². The van der Waals surface area contributed by atoms with Crippen LogP contribution in [0.1, 0.15) is 26.5 Å². The zero-order valence-corrected chi connectivity index (χ0v) is 16.0. The van der Waals surface area contributed by atoms with Crippen LogP contribution in [0.3, 0.4) is 0 Å². The van der Waals surface area contributed by atoms with Gasteiger partial charge in [0.2, 0.25) is 0 Å². The van der Waals surface area contributed by atoms with Crippen LogP contribution in [0, 0.1) is 0 Å². The first-order chi connectivity index (χ1) is 13.2. The summed E-state index contributed by atoms with van der Waals surface area (Å²) >= 11 is 1.40. The number of benzene rings is 1. The molecular weight excluding hydrogens is 360 g/mol. The molecule has 3 heterocycles. The maximum absolute atomic E-state index is 12.9. The Morgan fingerprint density at radius 2 is 1.96 bits per heavy atom. The first-order valence-electron chi connectivity index (χ1n) is 9.40. The van der Waals surface area contributed by atoms with Crippen LogP contribution >= 0.6 is 11.3 Å². The van der Waals surface area contributed by atoms with Crippen molar-refractivity contribution in [3.05, 3.63) is 52.2 Å². The molecule has 1 aromatic carbocycles. The fraction of sp³-hybridized carbons (Fsp3) is 0.400. The Hall–Kier alpha value is -2.22. The highest BCUT2D eigenvalue weighted by molar-refractivity contribution is 7.12. The van der Waals surface area contributed by atoms with Gasteiger partial charge in [0.1, 0.15) is 0 Å². The molecular formula is C20H24N4O2S. The number of rotatable bonds is 4. The van der Waals surface area contributed by atoms with E-state index in [0.29, 0.717) is 22.2 Å². The largest absolute Gasteiger partial charge is 0.337 e. The molecule has 0 saturated carbocycles. The molecule has 1 atom stereocenters. The third-order valence-corrected chi connectivity index (χ3v) is 6.10. The highest BCUT2D eigenvalue weighted by Gasteiger charge is 2.31. The predicted octanol–water partition coefficient (Wildman–Crippen LogP) is 2.12. The van der Waals surface area contributed by atoms with Gasteiger partial charge < -0.3 is 15.5 Å². The lowest BCUT2D eigenvalue weighted by Gasteiger charge is -2.32. The molecule has 27 heavy (non-hydrogen) atoms. The van der Waals surface area contributed by atoms with E-state index in [-0.39, 0.29) is 11.8 Å². The summed E-state index contributed by atoms with van der Waals surface area (Å²) in [7, 11) is 0. The number of anilines is 1. The van der Waals surface area contributed by atoms with Crippen molar-refractivity contribution in [1.82, 2.24) is 15.1 Å². The molecule has 6 nitrogen and oxygen atoms in total. The molecule has 2 aliphatic rings. The number of likely N-dealkylation sites (tertiary alicyclic amines) is 1. The van der Waals surface area contributed by atoms with Crippen LogP contribution in [-0.4, -0.2) is 66.9 Å². The van der Waals surface area contributed by atoms with Crippen LogP contribution in [0.5, 0.6) is 0 Å². The maximum Gasteiger partial charge on any atom is 0.265 e. The summed E-state index contributed by atoms with van der Waals surface area (Å²) in [5.41, 5.74) is 1.28. The third kappa shape index (κ3) is 4.21. The topological polar surface area (TPSA) is 64.7 Å². The van der Waals surface area contributed by atoms with Gasteiger partial charge in [-0.05, 0) is 36.1 Å². The minimum absolute atomic E-state index is 0.0415. The first-order valence-corrected chi connectivity index (χ1v) is 10.3. The van der Waals surface area contributed by atoms with Crippen LogP contribution in [0.2, 0.25) is 0 Å². The summed E-state index contributed by atoms with van der Waals surface area (Å²) in [5.74, 6) is -0.102. The Kier molecular flexibility index (Phi) is 5.52. The zero-order valence-electron chi connectivity index (χ0n) is 15.2. The Morgan fingerprint density at radius 1 is 1.11 bits per heavy atom. The van der Waals surface area contributed by atoms with Crippen molar-refractivity contribution in [3.8, 4) is 0 Å². The summed E-state index contributed by atoms with van der Waals surface area (Å²) in [6.45, 7) is 5.73. The molecule has 2 N–H and O–H groups in total. The monoisotopic (exact) mass is 384 g/mol. The summed E-state index contributed by atoms with van der Waals surface area (Å²) < 4.78 is 0. The fourth-order valence-corrected chi connectivity index (χ4v) is 4.40. The predicted molar refractivity (Wildman–Crippen MR) is 107 cm³/mol. The summed E-state index contributed by atoms with van der Waals surface area (Å²) in [6.07, 6.45) is 1.03. The number of hydrogen-bond donors (Lipinski definition) is 2. The van der Waals surface area contributed by atoms with Crippen LogP contribution in [0.4, 0.5) is 5.69 Å². The second-order valence-electron chi connectivity index (χ2n) is 6.99. The average Bonchev–Trinajstić information content (AvgIpc) is 3.40. The van der Waals surface area contributed by atoms with Crippen molar-refractivity contribution in [2.45, 2.75) is 12.5 Å². The van der Waals surface area contributed by atoms with E-state index >= 15 is 0 Å². The van der Waals surface area contributed by atoms with Gasteiger partial charge in [0, 0.05) is 56.6 Å². The summed E-state index contributed by atoms with van der Waals surface area (Å²) in [5, 5.41) is 8.12. The number of amides is 2. The van der Waals surface area contributed by atoms with Crippen LogP contribution in [0.15, 0.2) is 41.8 Å². The maximum atomic E-state index is 12.9. The molecule has 0 bridgehead atoms. The molecule has 2 amide bonds. The molecule has 2 fully saturated rings. The molecule has 1 aromatic heterocycles. The Labute approximate surface area is 163 Å². The van der Waals surface area contributed by atoms with Crippen LogP contribution in [0.25, 0.3) is 0 Å². The Morgan fingerprint density at radius 3 is 2.74 bits per heavy atom. The molecule has 1 unspecified atom stereocenters. The number of thiophene rings is 1. The van der Waals surface area contributed by atoms with Gasteiger partial charge in [0.25, 0.3) is 11.8 Å². The molecule has 2 saturated heterocycles. The lowest BCUT2D eigenvalue weighted by atomic mass is 10.1. The van der Waals surface area contributed by atoms with Gasteiger partial charge in [-0.2, -0.15) is 0 Å². The van der Waals surface area contributed by atoms with Crippen LogP contribution in [-0.2, 0) is 0 Å². The number of carbonyl (C=O) groups is 2. The summed E-state index contributed by atoms with van der Waals surface area (Å²) in [6, 6.07) is 11.3. The molecule has 2 aromatic rings. The Balaban J connectivity index is 1.39. The van der Waals surface area contributed by atoms with E-state index in [2.05, 4.69) is 15.5 Å². The van der Waals surface area contributed by atoms with Gasteiger partial charge in [0.05, 0.1) is 4.88 Å². The second kappa shape index (κ2) is 8.21. The van der Waals surface area contributed by atoms with E-state index in [1.54, 1.807) is 12.1 Å². The number of nitrogens with one attached hydrogen (secondary N) is 2. The van der Waals surface area contributed by atoms with Gasteiger partial charge >= 0.3 is 0 Å². The third-order valence-electron chi connectivity index (χ3n) is 5.23. The van der Waals surface area contributed by atoms with Gasteiger partial charge in [-0.1, -0.05) is 12.1 Å². The van der Waals surface area contributed by atoms with Crippen molar-refractivity contribution in [1.29, 1.82) is 0 Å². The highest BCUT2D eigenvalue weighted by atomic mass is 32.1. The Bertz CT molecular complexity index is 802. The van der Waals surface area contributed by atoms with E-state index in [1.165, 1.54) is 11.3 Å². The van der Waals surface area contributed by atoms with Gasteiger partial charge in [-0.25, -0.2) is 0 Å². The van der Waals surface area contributed by atoms with E-state index in [0.717, 1.165) is 45.7 Å². The highest BCUT2D eigenvalue weighted by Crippen LogP contribution is 2.21. The van der Waals surface area contributed by atoms with Crippen molar-refractivity contribution in [2.75, 3.05) is 44.6 Å². The van der Waals surface area contributed by atoms with Crippen molar-refractivity contribution >= 4 is 28.8 Å². The van der Waals surface area contributed by atoms with Gasteiger partial charge in [-0.15, -0.1) is 11.3 Å². The van der Waals surface area contributed by atoms with E-state index in [4.69, 9.17) is 0 Å². The fourth-order valence-electron chi connectivity index (χ4n) is 3.78. The van der Waals surface area contributed by atoms with Crippen LogP contribution < -0.4 is 10.6 Å². The van der Waals surface area contributed by atoms with E-state index < -0.39 is 0 Å². The molecule has 4 rings (SSSR count). The standard InChI is InChI=1S/C20H24N4O2S/c25-19(18-5-2-12-27-18)22-16-4-1-3-15(13-16)20(26)24-9-6-17(14-24)23-10-7-21-8-11-23/h1-5,12-13,17,21H,6-11,14H2,(H,22,25). The second-order valence-corrected chi connectivity index (χ2v) is 7.94.